The fraction of sp³-hybridized carbons (Fsp3) is 0.667. The monoisotopic (exact) mass is 282 g/mol. The molecule has 5 heteroatoms. The van der Waals surface area contributed by atoms with Crippen LogP contribution < -0.4 is 0 Å². The van der Waals surface area contributed by atoms with Gasteiger partial charge in [0, 0.05) is 17.9 Å². The van der Waals surface area contributed by atoms with E-state index in [1.54, 1.807) is 26.0 Å². The third-order valence-corrected chi connectivity index (χ3v) is 4.69. The molecule has 0 aromatic carbocycles. The van der Waals surface area contributed by atoms with Crippen LogP contribution in [-0.4, -0.2) is 45.2 Å². The first-order valence-corrected chi connectivity index (χ1v) is 6.77. The van der Waals surface area contributed by atoms with E-state index in [0.29, 0.717) is 25.0 Å². The van der Waals surface area contributed by atoms with Crippen molar-refractivity contribution in [2.75, 3.05) is 6.61 Å². The predicted molar refractivity (Wildman–Crippen MR) is 73.2 cm³/mol. The first-order chi connectivity index (χ1) is 9.12. The average molecular weight is 282 g/mol. The molecule has 0 amide bonds. The number of carbonyl (C=O) groups is 1. The summed E-state index contributed by atoms with van der Waals surface area (Å²) < 4.78 is 5.77. The number of aliphatic hydroxyl groups excluding tert-OH is 1. The van der Waals surface area contributed by atoms with Crippen LogP contribution in [-0.2, 0) is 9.53 Å². The summed E-state index contributed by atoms with van der Waals surface area (Å²) in [6, 6.07) is 0. The standard InChI is InChI=1S/C15H22O5/c1-10(6-12(17)18)4-5-15(19)13(2)7-11(16)8-14(15,3)20-9-13/h4-6,11,16,19H,7-9H2,1-3H3,(H,17,18). The van der Waals surface area contributed by atoms with Gasteiger partial charge in [-0.15, -0.1) is 0 Å². The molecule has 1 aliphatic carbocycles. The van der Waals surface area contributed by atoms with Crippen molar-refractivity contribution in [3.05, 3.63) is 23.8 Å². The van der Waals surface area contributed by atoms with Gasteiger partial charge in [0.25, 0.3) is 0 Å². The molecule has 2 fully saturated rings. The number of carboxylic acid groups (broad SMARTS) is 1. The van der Waals surface area contributed by atoms with Crippen LogP contribution in [0.2, 0.25) is 0 Å². The van der Waals surface area contributed by atoms with Gasteiger partial charge in [-0.1, -0.05) is 13.0 Å². The second-order valence-electron chi connectivity index (χ2n) is 6.47. The SMILES string of the molecule is CC(C=CC1(O)C2(C)COC1(C)CC(O)C2)=CC(=O)O. The molecule has 1 heterocycles. The molecular formula is C15H22O5. The van der Waals surface area contributed by atoms with Crippen molar-refractivity contribution in [2.24, 2.45) is 5.41 Å². The zero-order valence-corrected chi connectivity index (χ0v) is 12.1. The van der Waals surface area contributed by atoms with Crippen LogP contribution in [0.4, 0.5) is 0 Å². The molecule has 2 aliphatic rings. The summed E-state index contributed by atoms with van der Waals surface area (Å²) in [5, 5.41) is 29.7. The number of hydrogen-bond donors (Lipinski definition) is 3. The first-order valence-electron chi connectivity index (χ1n) is 6.77. The summed E-state index contributed by atoms with van der Waals surface area (Å²) in [4.78, 5) is 10.6. The fourth-order valence-corrected chi connectivity index (χ4v) is 3.52. The van der Waals surface area contributed by atoms with Gasteiger partial charge < -0.3 is 20.1 Å². The lowest BCUT2D eigenvalue weighted by Gasteiger charge is -2.49. The second-order valence-corrected chi connectivity index (χ2v) is 6.47. The van der Waals surface area contributed by atoms with Gasteiger partial charge in [-0.2, -0.15) is 0 Å². The van der Waals surface area contributed by atoms with Crippen LogP contribution in [0.3, 0.4) is 0 Å². The molecular weight excluding hydrogens is 260 g/mol. The normalized spacial score (nSPS) is 45.0. The maximum atomic E-state index is 11.1. The lowest BCUT2D eigenvalue weighted by Crippen LogP contribution is -2.60. The van der Waals surface area contributed by atoms with E-state index in [9.17, 15) is 15.0 Å². The Morgan fingerprint density at radius 3 is 2.55 bits per heavy atom. The molecule has 2 bridgehead atoms. The predicted octanol–water partition coefficient (Wildman–Crippen LogP) is 1.25. The highest BCUT2D eigenvalue weighted by atomic mass is 16.5. The Kier molecular flexibility index (Phi) is 3.57. The quantitative estimate of drug-likeness (QED) is 0.536. The van der Waals surface area contributed by atoms with E-state index >= 15 is 0 Å². The Balaban J connectivity index is 2.34. The number of fused-ring (bicyclic) bond motifs is 2. The maximum absolute atomic E-state index is 11.1. The van der Waals surface area contributed by atoms with Crippen LogP contribution in [0.15, 0.2) is 23.8 Å². The van der Waals surface area contributed by atoms with Crippen molar-refractivity contribution in [3.8, 4) is 0 Å². The summed E-state index contributed by atoms with van der Waals surface area (Å²) in [7, 11) is 0. The summed E-state index contributed by atoms with van der Waals surface area (Å²) in [6.07, 6.45) is 4.66. The van der Waals surface area contributed by atoms with E-state index in [-0.39, 0.29) is 0 Å². The van der Waals surface area contributed by atoms with E-state index < -0.39 is 28.7 Å². The molecule has 1 saturated heterocycles. The minimum atomic E-state index is -1.22. The molecule has 5 nitrogen and oxygen atoms in total. The molecule has 0 spiro atoms. The second kappa shape index (κ2) is 4.69. The van der Waals surface area contributed by atoms with Crippen LogP contribution >= 0.6 is 0 Å². The van der Waals surface area contributed by atoms with Gasteiger partial charge in [0.2, 0.25) is 0 Å². The molecule has 0 radical (unpaired) electrons. The van der Waals surface area contributed by atoms with E-state index in [1.807, 2.05) is 6.92 Å². The lowest BCUT2D eigenvalue weighted by molar-refractivity contribution is -0.150. The summed E-state index contributed by atoms with van der Waals surface area (Å²) in [6.45, 7) is 5.73. The molecule has 2 rings (SSSR count). The van der Waals surface area contributed by atoms with Gasteiger partial charge in [-0.3, -0.25) is 0 Å². The molecule has 4 unspecified atom stereocenters. The first kappa shape index (κ1) is 15.2. The van der Waals surface area contributed by atoms with E-state index in [2.05, 4.69) is 0 Å². The highest BCUT2D eigenvalue weighted by molar-refractivity contribution is 5.81. The van der Waals surface area contributed by atoms with Crippen molar-refractivity contribution >= 4 is 5.97 Å². The van der Waals surface area contributed by atoms with Crippen LogP contribution in [0.5, 0.6) is 0 Å². The minimum absolute atomic E-state index is 0.366. The zero-order chi connectivity index (χ0) is 15.2. The average Bonchev–Trinajstić information content (AvgIpc) is 2.43. The molecule has 1 saturated carbocycles. The minimum Gasteiger partial charge on any atom is -0.478 e. The van der Waals surface area contributed by atoms with Crippen molar-refractivity contribution in [2.45, 2.75) is 50.9 Å². The van der Waals surface area contributed by atoms with Crippen molar-refractivity contribution in [1.82, 2.24) is 0 Å². The number of carboxylic acids is 1. The lowest BCUT2D eigenvalue weighted by atomic mass is 9.59. The molecule has 1 aliphatic heterocycles. The fourth-order valence-electron chi connectivity index (χ4n) is 3.52. The highest BCUT2D eigenvalue weighted by Crippen LogP contribution is 2.57. The van der Waals surface area contributed by atoms with Crippen molar-refractivity contribution in [3.63, 3.8) is 0 Å². The number of aliphatic hydroxyl groups is 2. The Labute approximate surface area is 118 Å². The maximum Gasteiger partial charge on any atom is 0.328 e. The largest absolute Gasteiger partial charge is 0.478 e. The number of allylic oxidation sites excluding steroid dienone is 2. The topological polar surface area (TPSA) is 87.0 Å². The molecule has 20 heavy (non-hydrogen) atoms. The van der Waals surface area contributed by atoms with Crippen LogP contribution in [0.25, 0.3) is 0 Å². The number of hydrogen-bond acceptors (Lipinski definition) is 4. The van der Waals surface area contributed by atoms with E-state index in [4.69, 9.17) is 9.84 Å². The van der Waals surface area contributed by atoms with Gasteiger partial charge in [-0.25, -0.2) is 4.79 Å². The number of rotatable bonds is 3. The molecule has 0 aromatic rings. The van der Waals surface area contributed by atoms with Gasteiger partial charge in [0.05, 0.1) is 12.7 Å². The highest BCUT2D eigenvalue weighted by Gasteiger charge is 2.67. The smallest absolute Gasteiger partial charge is 0.328 e. The third kappa shape index (κ3) is 2.20. The third-order valence-electron chi connectivity index (χ3n) is 4.69. The van der Waals surface area contributed by atoms with Crippen molar-refractivity contribution < 1.29 is 24.9 Å². The van der Waals surface area contributed by atoms with E-state index in [0.717, 1.165) is 6.08 Å². The number of ether oxygens (including phenoxy) is 1. The molecule has 3 N–H and O–H groups in total. The summed E-state index contributed by atoms with van der Waals surface area (Å²) in [5.74, 6) is -1.02. The van der Waals surface area contributed by atoms with Crippen LogP contribution in [0, 0.1) is 5.41 Å². The summed E-state index contributed by atoms with van der Waals surface area (Å²) in [5.41, 5.74) is -2.09. The Morgan fingerprint density at radius 1 is 1.35 bits per heavy atom. The van der Waals surface area contributed by atoms with Gasteiger partial charge in [0.1, 0.15) is 11.2 Å². The summed E-state index contributed by atoms with van der Waals surface area (Å²) >= 11 is 0. The Bertz CT molecular complexity index is 461. The number of aliphatic carboxylic acids is 1. The van der Waals surface area contributed by atoms with Gasteiger partial charge in [0.15, 0.2) is 0 Å². The Morgan fingerprint density at radius 2 is 2.00 bits per heavy atom. The van der Waals surface area contributed by atoms with E-state index in [1.165, 1.54) is 0 Å². The molecule has 0 aromatic heterocycles. The van der Waals surface area contributed by atoms with Gasteiger partial charge in [-0.05, 0) is 31.9 Å². The van der Waals surface area contributed by atoms with Crippen molar-refractivity contribution in [1.29, 1.82) is 0 Å². The Hall–Kier alpha value is -1.17. The van der Waals surface area contributed by atoms with Crippen LogP contribution in [0.1, 0.15) is 33.6 Å². The van der Waals surface area contributed by atoms with Gasteiger partial charge >= 0.3 is 5.97 Å². The molecule has 4 atom stereocenters. The zero-order valence-electron chi connectivity index (χ0n) is 12.1. The molecule has 112 valence electrons.